The van der Waals surface area contributed by atoms with Crippen molar-refractivity contribution in [3.8, 4) is 0 Å². The lowest BCUT2D eigenvalue weighted by molar-refractivity contribution is 0.0384. The molecule has 3 heteroatoms. The molecule has 0 amide bonds. The molecule has 0 aliphatic carbocycles. The van der Waals surface area contributed by atoms with Crippen molar-refractivity contribution >= 4 is 0 Å². The summed E-state index contributed by atoms with van der Waals surface area (Å²) in [5, 5.41) is 0. The molecule has 0 bridgehead atoms. The van der Waals surface area contributed by atoms with E-state index in [2.05, 4.69) is 13.8 Å². The van der Waals surface area contributed by atoms with Crippen molar-refractivity contribution < 1.29 is 9.13 Å². The zero-order valence-electron chi connectivity index (χ0n) is 9.24. The second kappa shape index (κ2) is 5.83. The maximum absolute atomic E-state index is 13.4. The lowest BCUT2D eigenvalue weighted by atomic mass is 10.1. The number of ether oxygens (including phenoxy) is 1. The Balaban J connectivity index is 2.70. The molecule has 0 fully saturated rings. The summed E-state index contributed by atoms with van der Waals surface area (Å²) >= 11 is 0. The van der Waals surface area contributed by atoms with Gasteiger partial charge in [0.05, 0.1) is 6.10 Å². The molecule has 1 atom stereocenters. The molecule has 0 spiro atoms. The third kappa shape index (κ3) is 3.61. The molecule has 1 aromatic carbocycles. The molecule has 0 heterocycles. The van der Waals surface area contributed by atoms with E-state index in [1.807, 2.05) is 0 Å². The smallest absolute Gasteiger partial charge is 0.129 e. The van der Waals surface area contributed by atoms with Gasteiger partial charge in [-0.25, -0.2) is 4.39 Å². The molecule has 0 aliphatic heterocycles. The van der Waals surface area contributed by atoms with Crippen molar-refractivity contribution in [3.63, 3.8) is 0 Å². The Bertz CT molecular complexity index is 301. The maximum Gasteiger partial charge on any atom is 0.129 e. The first-order valence-corrected chi connectivity index (χ1v) is 5.21. The van der Waals surface area contributed by atoms with Gasteiger partial charge in [-0.2, -0.15) is 0 Å². The van der Waals surface area contributed by atoms with Crippen molar-refractivity contribution in [1.29, 1.82) is 0 Å². The minimum atomic E-state index is -0.339. The highest BCUT2D eigenvalue weighted by Gasteiger charge is 2.14. The fourth-order valence-corrected chi connectivity index (χ4v) is 1.33. The van der Waals surface area contributed by atoms with Crippen LogP contribution < -0.4 is 5.73 Å². The van der Waals surface area contributed by atoms with Gasteiger partial charge in [0.15, 0.2) is 0 Å². The standard InChI is InChI=1S/C12H18FNO/c1-9(2)8-15-12(7-14)10-5-3-4-6-11(10)13/h3-6,9,12H,7-8,14H2,1-2H3. The monoisotopic (exact) mass is 211 g/mol. The molecule has 0 aliphatic rings. The summed E-state index contributed by atoms with van der Waals surface area (Å²) in [6.45, 7) is 4.99. The Hall–Kier alpha value is -0.930. The summed E-state index contributed by atoms with van der Waals surface area (Å²) < 4.78 is 19.0. The minimum absolute atomic E-state index is 0.253. The van der Waals surface area contributed by atoms with Crippen LogP contribution in [0.15, 0.2) is 24.3 Å². The Morgan fingerprint density at radius 3 is 2.53 bits per heavy atom. The van der Waals surface area contributed by atoms with E-state index < -0.39 is 0 Å². The van der Waals surface area contributed by atoms with Crippen LogP contribution in [0.25, 0.3) is 0 Å². The molecule has 0 aromatic heterocycles. The van der Waals surface area contributed by atoms with Gasteiger partial charge in [-0.3, -0.25) is 0 Å². The van der Waals surface area contributed by atoms with Crippen molar-refractivity contribution in [3.05, 3.63) is 35.6 Å². The van der Waals surface area contributed by atoms with Crippen molar-refractivity contribution in [2.24, 2.45) is 11.7 Å². The van der Waals surface area contributed by atoms with Crippen LogP contribution in [0.4, 0.5) is 4.39 Å². The molecule has 1 unspecified atom stereocenters. The predicted octanol–water partition coefficient (Wildman–Crippen LogP) is 2.50. The van der Waals surface area contributed by atoms with E-state index in [9.17, 15) is 4.39 Å². The van der Waals surface area contributed by atoms with Crippen LogP contribution >= 0.6 is 0 Å². The lowest BCUT2D eigenvalue weighted by Gasteiger charge is -2.18. The van der Waals surface area contributed by atoms with Gasteiger partial charge in [-0.05, 0) is 12.0 Å². The lowest BCUT2D eigenvalue weighted by Crippen LogP contribution is -2.19. The summed E-state index contributed by atoms with van der Waals surface area (Å²) in [7, 11) is 0. The molecule has 1 rings (SSSR count). The molecule has 84 valence electrons. The van der Waals surface area contributed by atoms with Gasteiger partial charge in [0, 0.05) is 18.7 Å². The zero-order chi connectivity index (χ0) is 11.3. The molecule has 0 saturated carbocycles. The van der Waals surface area contributed by atoms with Gasteiger partial charge >= 0.3 is 0 Å². The highest BCUT2D eigenvalue weighted by Crippen LogP contribution is 2.20. The number of hydrogen-bond acceptors (Lipinski definition) is 2. The van der Waals surface area contributed by atoms with E-state index in [0.717, 1.165) is 0 Å². The van der Waals surface area contributed by atoms with E-state index in [0.29, 0.717) is 24.6 Å². The first kappa shape index (κ1) is 12.1. The minimum Gasteiger partial charge on any atom is -0.372 e. The molecular weight excluding hydrogens is 193 g/mol. The quantitative estimate of drug-likeness (QED) is 0.812. The average Bonchev–Trinajstić information content (AvgIpc) is 2.21. The molecular formula is C12H18FNO. The fourth-order valence-electron chi connectivity index (χ4n) is 1.33. The van der Waals surface area contributed by atoms with Crippen LogP contribution in [0, 0.1) is 11.7 Å². The topological polar surface area (TPSA) is 35.2 Å². The highest BCUT2D eigenvalue weighted by atomic mass is 19.1. The van der Waals surface area contributed by atoms with Gasteiger partial charge < -0.3 is 10.5 Å². The third-order valence-corrected chi connectivity index (χ3v) is 2.10. The van der Waals surface area contributed by atoms with Crippen LogP contribution in [0.5, 0.6) is 0 Å². The number of halogens is 1. The molecule has 1 aromatic rings. The van der Waals surface area contributed by atoms with Gasteiger partial charge in [-0.1, -0.05) is 32.0 Å². The molecule has 15 heavy (non-hydrogen) atoms. The molecule has 2 nitrogen and oxygen atoms in total. The van der Waals surface area contributed by atoms with Crippen molar-refractivity contribution in [2.75, 3.05) is 13.2 Å². The largest absolute Gasteiger partial charge is 0.372 e. The van der Waals surface area contributed by atoms with Gasteiger partial charge in [-0.15, -0.1) is 0 Å². The van der Waals surface area contributed by atoms with Gasteiger partial charge in [0.25, 0.3) is 0 Å². The third-order valence-electron chi connectivity index (χ3n) is 2.10. The second-order valence-electron chi connectivity index (χ2n) is 3.97. The van der Waals surface area contributed by atoms with Crippen LogP contribution in [0.2, 0.25) is 0 Å². The molecule has 2 N–H and O–H groups in total. The van der Waals surface area contributed by atoms with E-state index in [4.69, 9.17) is 10.5 Å². The Morgan fingerprint density at radius 2 is 2.00 bits per heavy atom. The number of benzene rings is 1. The van der Waals surface area contributed by atoms with E-state index >= 15 is 0 Å². The van der Waals surface area contributed by atoms with Crippen LogP contribution in [-0.4, -0.2) is 13.2 Å². The van der Waals surface area contributed by atoms with Crippen LogP contribution in [0.1, 0.15) is 25.5 Å². The zero-order valence-corrected chi connectivity index (χ0v) is 9.24. The number of rotatable bonds is 5. The second-order valence-corrected chi connectivity index (χ2v) is 3.97. The summed E-state index contributed by atoms with van der Waals surface area (Å²) in [5.41, 5.74) is 6.11. The number of hydrogen-bond donors (Lipinski definition) is 1. The average molecular weight is 211 g/mol. The first-order chi connectivity index (χ1) is 7.15. The van der Waals surface area contributed by atoms with Crippen molar-refractivity contribution in [1.82, 2.24) is 0 Å². The molecule has 0 saturated heterocycles. The summed E-state index contributed by atoms with van der Waals surface area (Å²) in [5.74, 6) is 0.169. The highest BCUT2D eigenvalue weighted by molar-refractivity contribution is 5.20. The van der Waals surface area contributed by atoms with Crippen LogP contribution in [-0.2, 0) is 4.74 Å². The molecule has 0 radical (unpaired) electrons. The Kier molecular flexibility index (Phi) is 4.72. The van der Waals surface area contributed by atoms with Crippen LogP contribution in [0.3, 0.4) is 0 Å². The van der Waals surface area contributed by atoms with E-state index in [-0.39, 0.29) is 11.9 Å². The van der Waals surface area contributed by atoms with Crippen molar-refractivity contribution in [2.45, 2.75) is 20.0 Å². The van der Waals surface area contributed by atoms with Gasteiger partial charge in [0.2, 0.25) is 0 Å². The Morgan fingerprint density at radius 1 is 1.33 bits per heavy atom. The SMILES string of the molecule is CC(C)COC(CN)c1ccccc1F. The summed E-state index contributed by atoms with van der Waals surface area (Å²) in [4.78, 5) is 0. The Labute approximate surface area is 90.2 Å². The normalized spacial score (nSPS) is 13.1. The fraction of sp³-hybridized carbons (Fsp3) is 0.500. The summed E-state index contributed by atoms with van der Waals surface area (Å²) in [6, 6.07) is 6.60. The first-order valence-electron chi connectivity index (χ1n) is 5.21. The van der Waals surface area contributed by atoms with E-state index in [1.165, 1.54) is 6.07 Å². The van der Waals surface area contributed by atoms with E-state index in [1.54, 1.807) is 18.2 Å². The van der Waals surface area contributed by atoms with Gasteiger partial charge in [0.1, 0.15) is 5.82 Å². The maximum atomic E-state index is 13.4. The number of nitrogens with two attached hydrogens (primary N) is 1. The summed E-state index contributed by atoms with van der Waals surface area (Å²) in [6.07, 6.45) is -0.339. The predicted molar refractivity (Wildman–Crippen MR) is 59.0 cm³/mol.